The van der Waals surface area contributed by atoms with Gasteiger partial charge in [0.2, 0.25) is 5.91 Å². The van der Waals surface area contributed by atoms with E-state index in [0.29, 0.717) is 31.0 Å². The van der Waals surface area contributed by atoms with Crippen molar-refractivity contribution in [3.05, 3.63) is 35.4 Å². The summed E-state index contributed by atoms with van der Waals surface area (Å²) in [6, 6.07) is 7.61. The predicted octanol–water partition coefficient (Wildman–Crippen LogP) is 2.88. The van der Waals surface area contributed by atoms with Gasteiger partial charge in [-0.05, 0) is 29.0 Å². The van der Waals surface area contributed by atoms with Crippen molar-refractivity contribution in [3.8, 4) is 0 Å². The van der Waals surface area contributed by atoms with E-state index in [0.717, 1.165) is 0 Å². The van der Waals surface area contributed by atoms with Gasteiger partial charge in [0.15, 0.2) is 0 Å². The van der Waals surface area contributed by atoms with E-state index in [1.54, 1.807) is 0 Å². The van der Waals surface area contributed by atoms with Crippen molar-refractivity contribution in [3.63, 3.8) is 0 Å². The number of benzene rings is 1. The normalized spacial score (nSPS) is 11.4. The Bertz CT molecular complexity index is 499. The van der Waals surface area contributed by atoms with Crippen LogP contribution in [0.25, 0.3) is 0 Å². The topological polar surface area (TPSA) is 58.2 Å². The summed E-state index contributed by atoms with van der Waals surface area (Å²) in [4.78, 5) is 23.6. The van der Waals surface area contributed by atoms with Crippen LogP contribution in [0.3, 0.4) is 0 Å². The summed E-state index contributed by atoms with van der Waals surface area (Å²) in [5.41, 5.74) is 1.89. The predicted molar refractivity (Wildman–Crippen MR) is 89.9 cm³/mol. The molecule has 1 rings (SSSR count). The quantitative estimate of drug-likeness (QED) is 0.849. The lowest BCUT2D eigenvalue weighted by Gasteiger charge is -2.19. The monoisotopic (exact) mass is 304 g/mol. The van der Waals surface area contributed by atoms with E-state index in [4.69, 9.17) is 0 Å². The smallest absolute Gasteiger partial charge is 0.251 e. The first kappa shape index (κ1) is 18.2. The van der Waals surface area contributed by atoms with Crippen LogP contribution in [-0.2, 0) is 10.2 Å². The van der Waals surface area contributed by atoms with Crippen molar-refractivity contribution in [2.45, 2.75) is 46.5 Å². The van der Waals surface area contributed by atoms with Gasteiger partial charge in [-0.25, -0.2) is 0 Å². The number of amides is 2. The lowest BCUT2D eigenvalue weighted by Crippen LogP contribution is -2.32. The molecule has 4 heteroatoms. The van der Waals surface area contributed by atoms with Crippen molar-refractivity contribution >= 4 is 11.8 Å². The highest BCUT2D eigenvalue weighted by molar-refractivity contribution is 5.94. The molecule has 1 aromatic rings. The highest BCUT2D eigenvalue weighted by Crippen LogP contribution is 2.22. The van der Waals surface area contributed by atoms with Crippen molar-refractivity contribution in [2.75, 3.05) is 13.1 Å². The zero-order valence-electron chi connectivity index (χ0n) is 14.3. The van der Waals surface area contributed by atoms with Crippen molar-refractivity contribution in [2.24, 2.45) is 5.92 Å². The zero-order chi connectivity index (χ0) is 16.8. The van der Waals surface area contributed by atoms with Crippen molar-refractivity contribution < 1.29 is 9.59 Å². The number of hydrogen-bond acceptors (Lipinski definition) is 2. The summed E-state index contributed by atoms with van der Waals surface area (Å²) in [7, 11) is 0. The molecule has 0 aliphatic heterocycles. The van der Waals surface area contributed by atoms with Crippen LogP contribution < -0.4 is 10.6 Å². The fourth-order valence-corrected chi connectivity index (χ4v) is 1.92. The molecule has 0 unspecified atom stereocenters. The maximum atomic E-state index is 12.0. The SMILES string of the molecule is CC(C)CNC(=O)CCNC(=O)c1ccc(C(C)(C)C)cc1. The minimum Gasteiger partial charge on any atom is -0.356 e. The van der Waals surface area contributed by atoms with Crippen LogP contribution in [0, 0.1) is 5.92 Å². The molecule has 0 spiro atoms. The third kappa shape index (κ3) is 6.29. The minimum atomic E-state index is -0.142. The van der Waals surface area contributed by atoms with Gasteiger partial charge >= 0.3 is 0 Å². The molecule has 0 atom stereocenters. The maximum absolute atomic E-state index is 12.0. The molecule has 22 heavy (non-hydrogen) atoms. The second kappa shape index (κ2) is 7.97. The molecule has 0 aromatic heterocycles. The van der Waals surface area contributed by atoms with Gasteiger partial charge in [0, 0.05) is 25.1 Å². The van der Waals surface area contributed by atoms with Crippen molar-refractivity contribution in [1.29, 1.82) is 0 Å². The molecule has 122 valence electrons. The largest absolute Gasteiger partial charge is 0.356 e. The first-order valence-corrected chi connectivity index (χ1v) is 7.85. The Morgan fingerprint density at radius 1 is 1.05 bits per heavy atom. The van der Waals surface area contributed by atoms with Crippen LogP contribution >= 0.6 is 0 Å². The Morgan fingerprint density at radius 2 is 1.64 bits per heavy atom. The molecule has 4 nitrogen and oxygen atoms in total. The van der Waals surface area contributed by atoms with Crippen LogP contribution in [0.4, 0.5) is 0 Å². The molecule has 1 aromatic carbocycles. The molecule has 0 fully saturated rings. The Balaban J connectivity index is 2.41. The summed E-state index contributed by atoms with van der Waals surface area (Å²) in [5, 5.41) is 5.61. The highest BCUT2D eigenvalue weighted by Gasteiger charge is 2.14. The molecule has 2 N–H and O–H groups in total. The summed E-state index contributed by atoms with van der Waals surface area (Å²) < 4.78 is 0. The molecule has 0 aliphatic carbocycles. The summed E-state index contributed by atoms with van der Waals surface area (Å²) in [6.07, 6.45) is 0.304. The van der Waals surface area contributed by atoms with Gasteiger partial charge in [-0.1, -0.05) is 46.8 Å². The number of rotatable bonds is 6. The second-order valence-electron chi connectivity index (χ2n) is 7.03. The van der Waals surface area contributed by atoms with Gasteiger partial charge in [-0.15, -0.1) is 0 Å². The minimum absolute atomic E-state index is 0.0305. The molecule has 0 saturated carbocycles. The third-order valence-corrected chi connectivity index (χ3v) is 3.36. The molecular formula is C18H28N2O2. The number of nitrogens with one attached hydrogen (secondary N) is 2. The van der Waals surface area contributed by atoms with Crippen LogP contribution in [0.15, 0.2) is 24.3 Å². The van der Waals surface area contributed by atoms with Gasteiger partial charge < -0.3 is 10.6 Å². The fraction of sp³-hybridized carbons (Fsp3) is 0.556. The first-order valence-electron chi connectivity index (χ1n) is 7.85. The fourth-order valence-electron chi connectivity index (χ4n) is 1.92. The van der Waals surface area contributed by atoms with E-state index in [2.05, 4.69) is 31.4 Å². The highest BCUT2D eigenvalue weighted by atomic mass is 16.2. The molecular weight excluding hydrogens is 276 g/mol. The van der Waals surface area contributed by atoms with E-state index in [-0.39, 0.29) is 17.2 Å². The standard InChI is InChI=1S/C18H28N2O2/c1-13(2)12-20-16(21)10-11-19-17(22)14-6-8-15(9-7-14)18(3,4)5/h6-9,13H,10-12H2,1-5H3,(H,19,22)(H,20,21). The Hall–Kier alpha value is -1.84. The molecule has 0 saturated heterocycles. The lowest BCUT2D eigenvalue weighted by atomic mass is 9.87. The van der Waals surface area contributed by atoms with E-state index >= 15 is 0 Å². The summed E-state index contributed by atoms with van der Waals surface area (Å²) in [6.45, 7) is 11.5. The van der Waals surface area contributed by atoms with Crippen LogP contribution in [0.1, 0.15) is 57.0 Å². The average Bonchev–Trinajstić information content (AvgIpc) is 2.44. The summed E-state index contributed by atoms with van der Waals surface area (Å²) >= 11 is 0. The molecule has 0 bridgehead atoms. The molecule has 2 amide bonds. The van der Waals surface area contributed by atoms with E-state index < -0.39 is 0 Å². The number of carbonyl (C=O) groups is 2. The molecule has 0 radical (unpaired) electrons. The van der Waals surface area contributed by atoms with Gasteiger partial charge in [0.1, 0.15) is 0 Å². The molecule has 0 heterocycles. The van der Waals surface area contributed by atoms with Crippen LogP contribution in [0.5, 0.6) is 0 Å². The Kier molecular flexibility index (Phi) is 6.60. The zero-order valence-corrected chi connectivity index (χ0v) is 14.3. The van der Waals surface area contributed by atoms with E-state index in [1.165, 1.54) is 5.56 Å². The van der Waals surface area contributed by atoms with Crippen LogP contribution in [-0.4, -0.2) is 24.9 Å². The van der Waals surface area contributed by atoms with Crippen LogP contribution in [0.2, 0.25) is 0 Å². The van der Waals surface area contributed by atoms with Gasteiger partial charge in [0.25, 0.3) is 5.91 Å². The van der Waals surface area contributed by atoms with Crippen molar-refractivity contribution in [1.82, 2.24) is 10.6 Å². The second-order valence-corrected chi connectivity index (χ2v) is 7.03. The maximum Gasteiger partial charge on any atom is 0.251 e. The van der Waals surface area contributed by atoms with E-state index in [1.807, 2.05) is 38.1 Å². The summed E-state index contributed by atoms with van der Waals surface area (Å²) in [5.74, 6) is 0.258. The van der Waals surface area contributed by atoms with Gasteiger partial charge in [0.05, 0.1) is 0 Å². The molecule has 0 aliphatic rings. The number of hydrogen-bond donors (Lipinski definition) is 2. The lowest BCUT2D eigenvalue weighted by molar-refractivity contribution is -0.121. The van der Waals surface area contributed by atoms with Gasteiger partial charge in [-0.2, -0.15) is 0 Å². The average molecular weight is 304 g/mol. The van der Waals surface area contributed by atoms with Gasteiger partial charge in [-0.3, -0.25) is 9.59 Å². The Morgan fingerprint density at radius 3 is 2.14 bits per heavy atom. The third-order valence-electron chi connectivity index (χ3n) is 3.36. The van der Waals surface area contributed by atoms with E-state index in [9.17, 15) is 9.59 Å². The Labute approximate surface area is 133 Å². The number of carbonyl (C=O) groups excluding carboxylic acids is 2. The first-order chi connectivity index (χ1) is 10.2.